The number of H-pyrrole nitrogens is 1. The topological polar surface area (TPSA) is 54.7 Å². The third-order valence-electron chi connectivity index (χ3n) is 1.94. The van der Waals surface area contributed by atoms with Crippen LogP contribution in [0.4, 0.5) is 0 Å². The van der Waals surface area contributed by atoms with Crippen LogP contribution in [0.1, 0.15) is 18.7 Å². The Bertz CT molecular complexity index is 320. The molecule has 0 atom stereocenters. The van der Waals surface area contributed by atoms with E-state index in [0.29, 0.717) is 0 Å². The van der Waals surface area contributed by atoms with E-state index in [0.717, 1.165) is 29.9 Å². The van der Waals surface area contributed by atoms with E-state index < -0.39 is 0 Å². The predicted octanol–water partition coefficient (Wildman–Crippen LogP) is 1.43. The van der Waals surface area contributed by atoms with Crippen molar-refractivity contribution in [2.24, 2.45) is 5.73 Å². The fraction of sp³-hybridized carbons (Fsp3) is 0.222. The molecule has 1 aliphatic carbocycles. The summed E-state index contributed by atoms with van der Waals surface area (Å²) in [5.41, 5.74) is 7.67. The summed E-state index contributed by atoms with van der Waals surface area (Å²) in [6, 6.07) is 0. The summed E-state index contributed by atoms with van der Waals surface area (Å²) in [5, 5.41) is 0. The van der Waals surface area contributed by atoms with Gasteiger partial charge in [-0.1, -0.05) is 12.2 Å². The molecule has 1 aromatic rings. The van der Waals surface area contributed by atoms with Gasteiger partial charge in [-0.05, 0) is 12.8 Å². The summed E-state index contributed by atoms with van der Waals surface area (Å²) in [6.45, 7) is 0. The highest BCUT2D eigenvalue weighted by Gasteiger charge is 2.08. The number of imidazole rings is 1. The SMILES string of the molecule is NC1=CCCC=C1c1ncc[nH]1. The van der Waals surface area contributed by atoms with Crippen molar-refractivity contribution in [1.82, 2.24) is 9.97 Å². The molecule has 0 saturated heterocycles. The van der Waals surface area contributed by atoms with Crippen molar-refractivity contribution in [3.63, 3.8) is 0 Å². The Kier molecular flexibility index (Phi) is 1.70. The number of allylic oxidation sites excluding steroid dienone is 3. The molecule has 0 unspecified atom stereocenters. The van der Waals surface area contributed by atoms with Gasteiger partial charge in [0.15, 0.2) is 0 Å². The van der Waals surface area contributed by atoms with Gasteiger partial charge in [-0.3, -0.25) is 0 Å². The van der Waals surface area contributed by atoms with Gasteiger partial charge in [0.2, 0.25) is 0 Å². The quantitative estimate of drug-likeness (QED) is 0.654. The first-order chi connectivity index (χ1) is 5.88. The van der Waals surface area contributed by atoms with E-state index in [1.54, 1.807) is 12.4 Å². The van der Waals surface area contributed by atoms with Crippen LogP contribution in [0.5, 0.6) is 0 Å². The molecule has 0 spiro atoms. The molecule has 1 aliphatic rings. The number of nitrogens with one attached hydrogen (secondary N) is 1. The van der Waals surface area contributed by atoms with Crippen molar-refractivity contribution in [3.05, 3.63) is 36.1 Å². The lowest BCUT2D eigenvalue weighted by Gasteiger charge is -2.09. The first-order valence-corrected chi connectivity index (χ1v) is 4.04. The molecule has 0 aliphatic heterocycles. The number of aromatic amines is 1. The maximum atomic E-state index is 5.80. The van der Waals surface area contributed by atoms with E-state index in [2.05, 4.69) is 16.0 Å². The second-order valence-corrected chi connectivity index (χ2v) is 2.79. The Hall–Kier alpha value is -1.51. The second kappa shape index (κ2) is 2.85. The fourth-order valence-corrected chi connectivity index (χ4v) is 1.34. The Morgan fingerprint density at radius 3 is 2.83 bits per heavy atom. The minimum absolute atomic E-state index is 0.830. The van der Waals surface area contributed by atoms with Crippen LogP contribution in [0.2, 0.25) is 0 Å². The summed E-state index contributed by atoms with van der Waals surface area (Å²) in [5.74, 6) is 0.864. The van der Waals surface area contributed by atoms with E-state index >= 15 is 0 Å². The smallest absolute Gasteiger partial charge is 0.139 e. The van der Waals surface area contributed by atoms with Gasteiger partial charge in [0.1, 0.15) is 5.82 Å². The highest BCUT2D eigenvalue weighted by molar-refractivity contribution is 5.74. The van der Waals surface area contributed by atoms with Crippen LogP contribution < -0.4 is 5.73 Å². The van der Waals surface area contributed by atoms with E-state index in [4.69, 9.17) is 5.73 Å². The average molecular weight is 161 g/mol. The Morgan fingerprint density at radius 2 is 2.17 bits per heavy atom. The third-order valence-corrected chi connectivity index (χ3v) is 1.94. The Morgan fingerprint density at radius 1 is 1.33 bits per heavy atom. The zero-order chi connectivity index (χ0) is 8.39. The summed E-state index contributed by atoms with van der Waals surface area (Å²) >= 11 is 0. The van der Waals surface area contributed by atoms with Gasteiger partial charge in [0.25, 0.3) is 0 Å². The van der Waals surface area contributed by atoms with Crippen LogP contribution >= 0.6 is 0 Å². The van der Waals surface area contributed by atoms with Crippen molar-refractivity contribution in [3.8, 4) is 0 Å². The molecule has 0 fully saturated rings. The van der Waals surface area contributed by atoms with Gasteiger partial charge < -0.3 is 10.7 Å². The van der Waals surface area contributed by atoms with Crippen molar-refractivity contribution in [2.75, 3.05) is 0 Å². The number of nitrogens with zero attached hydrogens (tertiary/aromatic N) is 1. The van der Waals surface area contributed by atoms with Gasteiger partial charge in [-0.15, -0.1) is 0 Å². The number of nitrogens with two attached hydrogens (primary N) is 1. The molecule has 2 rings (SSSR count). The Balaban J connectivity index is 2.35. The minimum atomic E-state index is 0.830. The van der Waals surface area contributed by atoms with Crippen molar-refractivity contribution in [1.29, 1.82) is 0 Å². The van der Waals surface area contributed by atoms with Crippen LogP contribution in [-0.4, -0.2) is 9.97 Å². The van der Waals surface area contributed by atoms with Crippen LogP contribution in [0, 0.1) is 0 Å². The van der Waals surface area contributed by atoms with Gasteiger partial charge in [0, 0.05) is 23.7 Å². The molecule has 12 heavy (non-hydrogen) atoms. The molecule has 0 saturated carbocycles. The first kappa shape index (κ1) is 7.16. The maximum absolute atomic E-state index is 5.80. The number of hydrogen-bond donors (Lipinski definition) is 2. The molecular formula is C9H11N3. The summed E-state index contributed by atoms with van der Waals surface area (Å²) < 4.78 is 0. The predicted molar refractivity (Wildman–Crippen MR) is 48.1 cm³/mol. The molecule has 3 N–H and O–H groups in total. The minimum Gasteiger partial charge on any atom is -0.398 e. The van der Waals surface area contributed by atoms with Crippen molar-refractivity contribution >= 4 is 5.57 Å². The first-order valence-electron chi connectivity index (χ1n) is 4.04. The molecular weight excluding hydrogens is 150 g/mol. The highest BCUT2D eigenvalue weighted by Crippen LogP contribution is 2.21. The average Bonchev–Trinajstić information content (AvgIpc) is 2.57. The lowest BCUT2D eigenvalue weighted by Crippen LogP contribution is -2.04. The van der Waals surface area contributed by atoms with E-state index in [-0.39, 0.29) is 0 Å². The van der Waals surface area contributed by atoms with E-state index in [9.17, 15) is 0 Å². The zero-order valence-corrected chi connectivity index (χ0v) is 6.75. The molecule has 62 valence electrons. The van der Waals surface area contributed by atoms with Gasteiger partial charge in [-0.25, -0.2) is 4.98 Å². The van der Waals surface area contributed by atoms with Crippen molar-refractivity contribution < 1.29 is 0 Å². The van der Waals surface area contributed by atoms with Crippen LogP contribution in [0.3, 0.4) is 0 Å². The Labute approximate surface area is 71.0 Å². The normalized spacial score (nSPS) is 17.0. The molecule has 0 amide bonds. The highest BCUT2D eigenvalue weighted by atomic mass is 14.9. The summed E-state index contributed by atoms with van der Waals surface area (Å²) in [4.78, 5) is 7.18. The van der Waals surface area contributed by atoms with Gasteiger partial charge >= 0.3 is 0 Å². The van der Waals surface area contributed by atoms with E-state index in [1.807, 2.05) is 6.08 Å². The van der Waals surface area contributed by atoms with Crippen LogP contribution in [0.25, 0.3) is 5.57 Å². The fourth-order valence-electron chi connectivity index (χ4n) is 1.34. The lowest BCUT2D eigenvalue weighted by molar-refractivity contribution is 1.01. The molecule has 0 radical (unpaired) electrons. The number of rotatable bonds is 1. The molecule has 0 aromatic carbocycles. The lowest BCUT2D eigenvalue weighted by atomic mass is 10.0. The molecule has 3 nitrogen and oxygen atoms in total. The third kappa shape index (κ3) is 1.13. The molecule has 1 heterocycles. The maximum Gasteiger partial charge on any atom is 0.139 e. The summed E-state index contributed by atoms with van der Waals surface area (Å²) in [7, 11) is 0. The standard InChI is InChI=1S/C9H11N3/c10-8-4-2-1-3-7(8)9-11-5-6-12-9/h3-6H,1-2,10H2,(H,11,12). The zero-order valence-electron chi connectivity index (χ0n) is 6.75. The van der Waals surface area contributed by atoms with E-state index in [1.165, 1.54) is 0 Å². The van der Waals surface area contributed by atoms with Crippen LogP contribution in [-0.2, 0) is 0 Å². The molecule has 1 aromatic heterocycles. The number of aromatic nitrogens is 2. The van der Waals surface area contributed by atoms with Gasteiger partial charge in [-0.2, -0.15) is 0 Å². The molecule has 3 heteroatoms. The summed E-state index contributed by atoms with van der Waals surface area (Å²) in [6.07, 6.45) is 9.79. The van der Waals surface area contributed by atoms with Crippen LogP contribution in [0.15, 0.2) is 30.2 Å². The van der Waals surface area contributed by atoms with Crippen molar-refractivity contribution in [2.45, 2.75) is 12.8 Å². The monoisotopic (exact) mass is 161 g/mol. The second-order valence-electron chi connectivity index (χ2n) is 2.79. The molecule has 0 bridgehead atoms. The van der Waals surface area contributed by atoms with Gasteiger partial charge in [0.05, 0.1) is 0 Å². The number of hydrogen-bond acceptors (Lipinski definition) is 2. The largest absolute Gasteiger partial charge is 0.398 e.